The Morgan fingerprint density at radius 1 is 1.12 bits per heavy atom. The van der Waals surface area contributed by atoms with Crippen molar-refractivity contribution in [2.75, 3.05) is 7.05 Å². The highest BCUT2D eigenvalue weighted by Crippen LogP contribution is 2.23. The standard InChI is InChI=1S/C20H22Cl2N2O2/c1-13-6-4-5-7-15(13)10-19(25)24(14(2)20(26)23-3)12-16-8-9-17(21)11-18(16)22/h4-9,11,14H,10,12H2,1-3H3,(H,23,26)/t14-/m0/s1. The zero-order valence-electron chi connectivity index (χ0n) is 15.1. The first kappa shape index (κ1) is 20.3. The summed E-state index contributed by atoms with van der Waals surface area (Å²) in [6.45, 7) is 3.90. The van der Waals surface area contributed by atoms with Crippen LogP contribution in [-0.2, 0) is 22.6 Å². The van der Waals surface area contributed by atoms with Crippen LogP contribution < -0.4 is 5.32 Å². The number of aryl methyl sites for hydroxylation is 1. The van der Waals surface area contributed by atoms with Crippen molar-refractivity contribution in [3.05, 3.63) is 69.2 Å². The molecule has 0 bridgehead atoms. The van der Waals surface area contributed by atoms with Crippen molar-refractivity contribution < 1.29 is 9.59 Å². The maximum Gasteiger partial charge on any atom is 0.242 e. The zero-order valence-corrected chi connectivity index (χ0v) is 16.6. The molecule has 0 saturated heterocycles. The SMILES string of the molecule is CNC(=O)[C@H](C)N(Cc1ccc(Cl)cc1Cl)C(=O)Cc1ccccc1C. The van der Waals surface area contributed by atoms with E-state index in [1.54, 1.807) is 37.1 Å². The first-order valence-corrected chi connectivity index (χ1v) is 9.08. The van der Waals surface area contributed by atoms with Crippen molar-refractivity contribution in [2.24, 2.45) is 0 Å². The third-order valence-electron chi connectivity index (χ3n) is 4.37. The number of carbonyl (C=O) groups is 2. The van der Waals surface area contributed by atoms with Gasteiger partial charge < -0.3 is 10.2 Å². The van der Waals surface area contributed by atoms with Gasteiger partial charge in [-0.25, -0.2) is 0 Å². The number of halogens is 2. The van der Waals surface area contributed by atoms with Gasteiger partial charge in [0.1, 0.15) is 6.04 Å². The van der Waals surface area contributed by atoms with Crippen LogP contribution in [0, 0.1) is 6.92 Å². The predicted molar refractivity (Wildman–Crippen MR) is 105 cm³/mol. The average molecular weight is 393 g/mol. The molecule has 2 rings (SSSR count). The first-order chi connectivity index (χ1) is 12.3. The van der Waals surface area contributed by atoms with Crippen molar-refractivity contribution >= 4 is 35.0 Å². The Kier molecular flexibility index (Phi) is 7.06. The van der Waals surface area contributed by atoms with Gasteiger partial charge in [0.15, 0.2) is 0 Å². The molecular weight excluding hydrogens is 371 g/mol. The number of carbonyl (C=O) groups excluding carboxylic acids is 2. The summed E-state index contributed by atoms with van der Waals surface area (Å²) in [5.41, 5.74) is 2.72. The van der Waals surface area contributed by atoms with Crippen molar-refractivity contribution in [3.8, 4) is 0 Å². The van der Waals surface area contributed by atoms with Crippen molar-refractivity contribution in [1.82, 2.24) is 10.2 Å². The summed E-state index contributed by atoms with van der Waals surface area (Å²) in [5.74, 6) is -0.366. The molecule has 0 aliphatic carbocycles. The molecule has 0 fully saturated rings. The fourth-order valence-electron chi connectivity index (χ4n) is 2.70. The molecular formula is C20H22Cl2N2O2. The van der Waals surface area contributed by atoms with E-state index in [9.17, 15) is 9.59 Å². The Hall–Kier alpha value is -2.04. The molecule has 0 unspecified atom stereocenters. The van der Waals surface area contributed by atoms with Crippen LogP contribution in [0.2, 0.25) is 10.0 Å². The lowest BCUT2D eigenvalue weighted by Crippen LogP contribution is -2.47. The fourth-order valence-corrected chi connectivity index (χ4v) is 3.17. The predicted octanol–water partition coefficient (Wildman–Crippen LogP) is 4.01. The second-order valence-corrected chi connectivity index (χ2v) is 6.99. The monoisotopic (exact) mass is 392 g/mol. The summed E-state index contributed by atoms with van der Waals surface area (Å²) in [7, 11) is 1.55. The minimum atomic E-state index is -0.622. The lowest BCUT2D eigenvalue weighted by atomic mass is 10.0. The Morgan fingerprint density at radius 2 is 1.81 bits per heavy atom. The Balaban J connectivity index is 2.29. The molecule has 0 aliphatic heterocycles. The average Bonchev–Trinajstić information content (AvgIpc) is 2.61. The topological polar surface area (TPSA) is 49.4 Å². The minimum absolute atomic E-state index is 0.138. The quantitative estimate of drug-likeness (QED) is 0.806. The van der Waals surface area contributed by atoms with Crippen LogP contribution >= 0.6 is 23.2 Å². The highest BCUT2D eigenvalue weighted by molar-refractivity contribution is 6.35. The molecule has 1 N–H and O–H groups in total. The van der Waals surface area contributed by atoms with Gasteiger partial charge in [0, 0.05) is 23.6 Å². The maximum absolute atomic E-state index is 13.0. The largest absolute Gasteiger partial charge is 0.357 e. The van der Waals surface area contributed by atoms with Gasteiger partial charge in [0.05, 0.1) is 6.42 Å². The molecule has 26 heavy (non-hydrogen) atoms. The Bertz CT molecular complexity index is 808. The second kappa shape index (κ2) is 9.06. The number of nitrogens with one attached hydrogen (secondary N) is 1. The normalized spacial score (nSPS) is 11.7. The van der Waals surface area contributed by atoms with Gasteiger partial charge in [-0.15, -0.1) is 0 Å². The van der Waals surface area contributed by atoms with E-state index in [1.165, 1.54) is 0 Å². The van der Waals surface area contributed by atoms with Gasteiger partial charge in [-0.3, -0.25) is 9.59 Å². The van der Waals surface area contributed by atoms with Crippen LogP contribution in [0.1, 0.15) is 23.6 Å². The molecule has 138 valence electrons. The van der Waals surface area contributed by atoms with Crippen molar-refractivity contribution in [2.45, 2.75) is 32.9 Å². The number of likely N-dealkylation sites (N-methyl/N-ethyl adjacent to an activating group) is 1. The first-order valence-electron chi connectivity index (χ1n) is 8.33. The Labute approximate surface area is 164 Å². The second-order valence-electron chi connectivity index (χ2n) is 6.15. The number of benzene rings is 2. The van der Waals surface area contributed by atoms with Gasteiger partial charge >= 0.3 is 0 Å². The molecule has 0 aromatic heterocycles. The Morgan fingerprint density at radius 3 is 2.42 bits per heavy atom. The smallest absolute Gasteiger partial charge is 0.242 e. The number of rotatable bonds is 6. The van der Waals surface area contributed by atoms with E-state index in [0.717, 1.165) is 16.7 Å². The molecule has 2 aromatic rings. The molecule has 0 spiro atoms. The van der Waals surface area contributed by atoms with E-state index in [-0.39, 0.29) is 24.8 Å². The molecule has 0 radical (unpaired) electrons. The van der Waals surface area contributed by atoms with Crippen LogP contribution in [0.5, 0.6) is 0 Å². The summed E-state index contributed by atoms with van der Waals surface area (Å²) in [6.07, 6.45) is 0.221. The number of hydrogen-bond donors (Lipinski definition) is 1. The zero-order chi connectivity index (χ0) is 19.3. The van der Waals surface area contributed by atoms with Gasteiger partial charge in [0.25, 0.3) is 0 Å². The number of nitrogens with zero attached hydrogens (tertiary/aromatic N) is 1. The summed E-state index contributed by atoms with van der Waals surface area (Å²) >= 11 is 12.2. The summed E-state index contributed by atoms with van der Waals surface area (Å²) < 4.78 is 0. The maximum atomic E-state index is 13.0. The molecule has 1 atom stereocenters. The third kappa shape index (κ3) is 4.99. The van der Waals surface area contributed by atoms with E-state index in [1.807, 2.05) is 31.2 Å². The van der Waals surface area contributed by atoms with Crippen LogP contribution in [0.3, 0.4) is 0 Å². The fraction of sp³-hybridized carbons (Fsp3) is 0.300. The molecule has 0 saturated carbocycles. The summed E-state index contributed by atoms with van der Waals surface area (Å²) in [4.78, 5) is 26.7. The molecule has 0 aliphatic rings. The number of hydrogen-bond acceptors (Lipinski definition) is 2. The van der Waals surface area contributed by atoms with E-state index < -0.39 is 6.04 Å². The summed E-state index contributed by atoms with van der Waals surface area (Å²) in [5, 5.41) is 3.59. The van der Waals surface area contributed by atoms with Gasteiger partial charge in [-0.05, 0) is 42.7 Å². The highest BCUT2D eigenvalue weighted by Gasteiger charge is 2.26. The summed E-state index contributed by atoms with van der Waals surface area (Å²) in [6, 6.07) is 12.2. The molecule has 2 amide bonds. The lowest BCUT2D eigenvalue weighted by molar-refractivity contribution is -0.139. The van der Waals surface area contributed by atoms with Crippen LogP contribution in [0.15, 0.2) is 42.5 Å². The van der Waals surface area contributed by atoms with Crippen LogP contribution in [0.4, 0.5) is 0 Å². The number of amides is 2. The van der Waals surface area contributed by atoms with E-state index in [4.69, 9.17) is 23.2 Å². The van der Waals surface area contributed by atoms with Crippen LogP contribution in [0.25, 0.3) is 0 Å². The van der Waals surface area contributed by atoms with Crippen molar-refractivity contribution in [1.29, 1.82) is 0 Å². The lowest BCUT2D eigenvalue weighted by Gasteiger charge is -2.29. The van der Waals surface area contributed by atoms with E-state index in [0.29, 0.717) is 10.0 Å². The van der Waals surface area contributed by atoms with Gasteiger partial charge in [-0.1, -0.05) is 53.5 Å². The highest BCUT2D eigenvalue weighted by atomic mass is 35.5. The minimum Gasteiger partial charge on any atom is -0.357 e. The van der Waals surface area contributed by atoms with Gasteiger partial charge in [0.2, 0.25) is 11.8 Å². The molecule has 2 aromatic carbocycles. The molecule has 6 heteroatoms. The molecule has 0 heterocycles. The van der Waals surface area contributed by atoms with E-state index >= 15 is 0 Å². The van der Waals surface area contributed by atoms with Gasteiger partial charge in [-0.2, -0.15) is 0 Å². The van der Waals surface area contributed by atoms with E-state index in [2.05, 4.69) is 5.32 Å². The molecule has 4 nitrogen and oxygen atoms in total. The van der Waals surface area contributed by atoms with Crippen LogP contribution in [-0.4, -0.2) is 29.8 Å². The third-order valence-corrected chi connectivity index (χ3v) is 4.96. The van der Waals surface area contributed by atoms with Crippen molar-refractivity contribution in [3.63, 3.8) is 0 Å².